The predicted molar refractivity (Wildman–Crippen MR) is 108 cm³/mol. The molecule has 0 bridgehead atoms. The van der Waals surface area contributed by atoms with Crippen molar-refractivity contribution < 1.29 is 18.7 Å². The number of benzene rings is 1. The van der Waals surface area contributed by atoms with Crippen molar-refractivity contribution in [1.29, 1.82) is 0 Å². The Kier molecular flexibility index (Phi) is 4.33. The van der Waals surface area contributed by atoms with Crippen LogP contribution in [-0.4, -0.2) is 28.7 Å². The van der Waals surface area contributed by atoms with Crippen molar-refractivity contribution in [3.05, 3.63) is 61.2 Å². The fourth-order valence-electron chi connectivity index (χ4n) is 3.69. The minimum Gasteiger partial charge on any atom is -0.443 e. The monoisotopic (exact) mass is 483 g/mol. The molecule has 1 unspecified atom stereocenters. The lowest BCUT2D eigenvalue weighted by Crippen LogP contribution is -2.52. The molecule has 0 saturated carbocycles. The Morgan fingerprint density at radius 1 is 1.31 bits per heavy atom. The number of pyridine rings is 1. The highest BCUT2D eigenvalue weighted by atomic mass is 79.9. The molecule has 1 atom stereocenters. The average Bonchev–Trinajstić information content (AvgIpc) is 3.07. The highest BCUT2D eigenvalue weighted by molar-refractivity contribution is 9.10. The Morgan fingerprint density at radius 3 is 2.66 bits per heavy atom. The van der Waals surface area contributed by atoms with Gasteiger partial charge in [-0.3, -0.25) is 19.1 Å². The summed E-state index contributed by atoms with van der Waals surface area (Å²) in [5, 5.41) is 2.79. The fourth-order valence-corrected chi connectivity index (χ4v) is 4.50. The van der Waals surface area contributed by atoms with Crippen LogP contribution in [0.25, 0.3) is 0 Å². The van der Waals surface area contributed by atoms with E-state index in [0.29, 0.717) is 5.69 Å². The number of carbonyl (C=O) groups excluding carboxylic acids is 2. The van der Waals surface area contributed by atoms with E-state index in [4.69, 9.17) is 16.3 Å². The van der Waals surface area contributed by atoms with Crippen LogP contribution in [0.15, 0.2) is 33.5 Å². The van der Waals surface area contributed by atoms with Crippen LogP contribution in [-0.2, 0) is 10.4 Å². The molecule has 2 amide bonds. The van der Waals surface area contributed by atoms with Gasteiger partial charge in [0.05, 0.1) is 21.7 Å². The number of fused-ring (bicyclic) bond motifs is 4. The van der Waals surface area contributed by atoms with Gasteiger partial charge in [0, 0.05) is 5.56 Å². The van der Waals surface area contributed by atoms with Crippen molar-refractivity contribution in [3.63, 3.8) is 0 Å². The number of aromatic nitrogens is 1. The van der Waals surface area contributed by atoms with E-state index in [9.17, 15) is 18.8 Å². The number of nitrogens with zero attached hydrogens (tertiary/aromatic N) is 2. The normalized spacial score (nSPS) is 19.9. The molecule has 29 heavy (non-hydrogen) atoms. The molecule has 1 spiro atoms. The van der Waals surface area contributed by atoms with Crippen molar-refractivity contribution in [1.82, 2.24) is 9.88 Å². The van der Waals surface area contributed by atoms with Crippen molar-refractivity contribution in [3.8, 4) is 0 Å². The molecule has 1 aromatic carbocycles. The molecule has 152 valence electrons. The summed E-state index contributed by atoms with van der Waals surface area (Å²) in [6.07, 6.45) is -0.681. The lowest BCUT2D eigenvalue weighted by Gasteiger charge is -2.29. The number of rotatable bonds is 0. The number of ether oxygens (including phenoxy) is 1. The maximum Gasteiger partial charge on any atom is 0.414 e. The van der Waals surface area contributed by atoms with Crippen LogP contribution in [0.3, 0.4) is 0 Å². The SMILES string of the molecule is CC(C)(C)OC(=O)N1CC2(NC(=O)c3c(Cl)cc(Br)c(=O)n32)c2cc(F)ccc21. The molecule has 10 heteroatoms. The molecule has 0 fully saturated rings. The van der Waals surface area contributed by atoms with Crippen LogP contribution in [0, 0.1) is 5.82 Å². The molecule has 7 nitrogen and oxygen atoms in total. The minimum absolute atomic E-state index is 0.0545. The number of hydrogen-bond donors (Lipinski definition) is 1. The fraction of sp³-hybridized carbons (Fsp3) is 0.316. The summed E-state index contributed by atoms with van der Waals surface area (Å²) in [6.45, 7) is 5.00. The van der Waals surface area contributed by atoms with Crippen LogP contribution in [0.1, 0.15) is 36.8 Å². The lowest BCUT2D eigenvalue weighted by atomic mass is 10.0. The van der Waals surface area contributed by atoms with E-state index < -0.39 is 34.6 Å². The average molecular weight is 485 g/mol. The number of anilines is 1. The largest absolute Gasteiger partial charge is 0.443 e. The van der Waals surface area contributed by atoms with Crippen molar-refractivity contribution in [2.45, 2.75) is 32.0 Å². The van der Waals surface area contributed by atoms with Crippen LogP contribution >= 0.6 is 27.5 Å². The first-order chi connectivity index (χ1) is 13.4. The third-order valence-corrected chi connectivity index (χ3v) is 5.58. The number of hydrogen-bond acceptors (Lipinski definition) is 4. The molecule has 2 aliphatic rings. The first-order valence-electron chi connectivity index (χ1n) is 8.69. The first-order valence-corrected chi connectivity index (χ1v) is 9.86. The Labute approximate surface area is 178 Å². The van der Waals surface area contributed by atoms with Gasteiger partial charge in [0.25, 0.3) is 11.5 Å². The topological polar surface area (TPSA) is 80.6 Å². The van der Waals surface area contributed by atoms with Gasteiger partial charge in [-0.1, -0.05) is 11.6 Å². The summed E-state index contributed by atoms with van der Waals surface area (Å²) < 4.78 is 20.9. The van der Waals surface area contributed by atoms with Crippen LogP contribution in [0.4, 0.5) is 14.9 Å². The van der Waals surface area contributed by atoms with Gasteiger partial charge in [-0.2, -0.15) is 0 Å². The highest BCUT2D eigenvalue weighted by Gasteiger charge is 2.54. The van der Waals surface area contributed by atoms with E-state index in [2.05, 4.69) is 21.2 Å². The zero-order valence-electron chi connectivity index (χ0n) is 15.7. The molecule has 1 N–H and O–H groups in total. The zero-order chi connectivity index (χ0) is 21.3. The molecular formula is C19H16BrClFN3O4. The third kappa shape index (κ3) is 2.95. The molecule has 3 heterocycles. The molecule has 0 saturated heterocycles. The Balaban J connectivity index is 1.97. The van der Waals surface area contributed by atoms with Crippen LogP contribution < -0.4 is 15.8 Å². The molecular weight excluding hydrogens is 469 g/mol. The third-order valence-electron chi connectivity index (χ3n) is 4.72. The minimum atomic E-state index is -1.51. The van der Waals surface area contributed by atoms with Gasteiger partial charge in [-0.05, 0) is 61.0 Å². The lowest BCUT2D eigenvalue weighted by molar-refractivity contribution is 0.0572. The number of carbonyl (C=O) groups is 2. The van der Waals surface area contributed by atoms with Gasteiger partial charge in [-0.15, -0.1) is 0 Å². The first kappa shape index (κ1) is 19.9. The van der Waals surface area contributed by atoms with E-state index in [-0.39, 0.29) is 27.3 Å². The van der Waals surface area contributed by atoms with Gasteiger partial charge in [0.1, 0.15) is 17.1 Å². The smallest absolute Gasteiger partial charge is 0.414 e. The second kappa shape index (κ2) is 6.30. The quantitative estimate of drug-likeness (QED) is 0.620. The predicted octanol–water partition coefficient (Wildman–Crippen LogP) is 3.60. The summed E-state index contributed by atoms with van der Waals surface area (Å²) in [7, 11) is 0. The highest BCUT2D eigenvalue weighted by Crippen LogP contribution is 2.44. The number of amides is 2. The molecule has 4 rings (SSSR count). The second-order valence-corrected chi connectivity index (χ2v) is 9.13. The molecule has 0 radical (unpaired) electrons. The van der Waals surface area contributed by atoms with Gasteiger partial charge in [0.2, 0.25) is 0 Å². The summed E-state index contributed by atoms with van der Waals surface area (Å²) >= 11 is 9.37. The Hall–Kier alpha value is -2.39. The van der Waals surface area contributed by atoms with Crippen molar-refractivity contribution in [2.75, 3.05) is 11.4 Å². The molecule has 1 aromatic heterocycles. The number of nitrogens with one attached hydrogen (secondary N) is 1. The van der Waals surface area contributed by atoms with Gasteiger partial charge < -0.3 is 10.1 Å². The standard InChI is InChI=1S/C19H16BrClFN3O4/c1-18(2,3)29-17(28)24-8-19(10-6-9(22)4-5-13(10)24)23-15(26)14-12(21)7-11(20)16(27)25(14)19/h4-7H,8H2,1-3H3,(H,23,26). The summed E-state index contributed by atoms with van der Waals surface area (Å²) in [4.78, 5) is 39.8. The van der Waals surface area contributed by atoms with Crippen molar-refractivity contribution in [2.24, 2.45) is 0 Å². The summed E-state index contributed by atoms with van der Waals surface area (Å²) in [6, 6.07) is 5.14. The summed E-state index contributed by atoms with van der Waals surface area (Å²) in [5.74, 6) is -1.17. The Bertz CT molecular complexity index is 1140. The van der Waals surface area contributed by atoms with E-state index in [1.165, 1.54) is 33.7 Å². The van der Waals surface area contributed by atoms with Gasteiger partial charge >= 0.3 is 6.09 Å². The Morgan fingerprint density at radius 2 is 2.00 bits per heavy atom. The molecule has 2 aliphatic heterocycles. The van der Waals surface area contributed by atoms with Gasteiger partial charge in [-0.25, -0.2) is 9.18 Å². The second-order valence-electron chi connectivity index (χ2n) is 7.87. The van der Waals surface area contributed by atoms with Crippen LogP contribution in [0.2, 0.25) is 5.02 Å². The van der Waals surface area contributed by atoms with E-state index in [0.717, 1.165) is 0 Å². The maximum atomic E-state index is 14.2. The van der Waals surface area contributed by atoms with E-state index in [1.807, 2.05) is 0 Å². The van der Waals surface area contributed by atoms with Gasteiger partial charge in [0.15, 0.2) is 5.66 Å². The number of halogens is 3. The zero-order valence-corrected chi connectivity index (χ0v) is 18.0. The molecule has 2 aromatic rings. The molecule has 0 aliphatic carbocycles. The van der Waals surface area contributed by atoms with Crippen molar-refractivity contribution >= 4 is 45.2 Å². The van der Waals surface area contributed by atoms with E-state index >= 15 is 0 Å². The summed E-state index contributed by atoms with van der Waals surface area (Å²) in [5.41, 5.74) is -2.29. The maximum absolute atomic E-state index is 14.2. The van der Waals surface area contributed by atoms with Crippen LogP contribution in [0.5, 0.6) is 0 Å². The van der Waals surface area contributed by atoms with E-state index in [1.54, 1.807) is 20.8 Å².